The number of benzene rings is 3. The molecule has 1 saturated heterocycles. The third-order valence-electron chi connectivity index (χ3n) is 6.25. The molecule has 1 N–H and O–H groups in total. The highest BCUT2D eigenvalue weighted by Gasteiger charge is 2.43. The van der Waals surface area contributed by atoms with Crippen molar-refractivity contribution in [1.82, 2.24) is 4.90 Å². The second kappa shape index (κ2) is 11.9. The smallest absolute Gasteiger partial charge is 0.256 e. The number of anilines is 2. The van der Waals surface area contributed by atoms with Crippen LogP contribution in [0.15, 0.2) is 66.7 Å². The van der Waals surface area contributed by atoms with E-state index >= 15 is 0 Å². The van der Waals surface area contributed by atoms with Gasteiger partial charge >= 0.3 is 0 Å². The lowest BCUT2D eigenvalue weighted by Gasteiger charge is -2.24. The summed E-state index contributed by atoms with van der Waals surface area (Å²) in [4.78, 5) is 29.6. The number of methoxy groups -OCH3 is 3. The third-order valence-corrected chi connectivity index (χ3v) is 6.66. The second-order valence-corrected chi connectivity index (χ2v) is 8.93. The molecule has 1 atom stereocenters. The molecule has 8 nitrogen and oxygen atoms in total. The van der Waals surface area contributed by atoms with E-state index < -0.39 is 11.9 Å². The molecule has 2 amide bonds. The van der Waals surface area contributed by atoms with Crippen LogP contribution in [0.1, 0.15) is 12.0 Å². The van der Waals surface area contributed by atoms with Crippen molar-refractivity contribution >= 4 is 40.5 Å². The van der Waals surface area contributed by atoms with Gasteiger partial charge in [0.05, 0.1) is 33.4 Å². The van der Waals surface area contributed by atoms with E-state index in [0.29, 0.717) is 41.6 Å². The van der Waals surface area contributed by atoms with Crippen molar-refractivity contribution in [2.24, 2.45) is 0 Å². The summed E-state index contributed by atoms with van der Waals surface area (Å²) in [5, 5.41) is 3.08. The molecule has 0 aromatic heterocycles. The van der Waals surface area contributed by atoms with E-state index in [1.165, 1.54) is 29.2 Å². The summed E-state index contributed by atoms with van der Waals surface area (Å²) < 4.78 is 29.4. The first-order valence-corrected chi connectivity index (χ1v) is 12.3. The van der Waals surface area contributed by atoms with E-state index in [0.717, 1.165) is 5.56 Å². The van der Waals surface area contributed by atoms with Gasteiger partial charge in [0, 0.05) is 12.2 Å². The number of hydrogen-bond acceptors (Lipinski definition) is 6. The maximum atomic E-state index is 13.5. The van der Waals surface area contributed by atoms with Crippen molar-refractivity contribution in [1.29, 1.82) is 0 Å². The van der Waals surface area contributed by atoms with Gasteiger partial charge in [-0.25, -0.2) is 4.39 Å². The average molecular weight is 538 g/mol. The predicted molar refractivity (Wildman–Crippen MR) is 146 cm³/mol. The molecule has 38 heavy (non-hydrogen) atoms. The van der Waals surface area contributed by atoms with Gasteiger partial charge in [-0.15, -0.1) is 0 Å². The largest absolute Gasteiger partial charge is 0.497 e. The Morgan fingerprint density at radius 2 is 1.63 bits per heavy atom. The molecule has 1 aliphatic rings. The summed E-state index contributed by atoms with van der Waals surface area (Å²) in [6.45, 7) is 0.373. The average Bonchev–Trinajstić information content (AvgIpc) is 3.16. The van der Waals surface area contributed by atoms with E-state index in [1.54, 1.807) is 50.5 Å². The Balaban J connectivity index is 1.55. The van der Waals surface area contributed by atoms with Crippen molar-refractivity contribution in [2.45, 2.75) is 18.9 Å². The zero-order chi connectivity index (χ0) is 27.2. The van der Waals surface area contributed by atoms with Gasteiger partial charge in [-0.1, -0.05) is 6.07 Å². The number of carbonyl (C=O) groups excluding carboxylic acids is 2. The summed E-state index contributed by atoms with van der Waals surface area (Å²) in [5.74, 6) is 0.752. The molecule has 198 valence electrons. The fourth-order valence-corrected chi connectivity index (χ4v) is 4.68. The van der Waals surface area contributed by atoms with E-state index in [1.807, 2.05) is 18.2 Å². The minimum atomic E-state index is -0.828. The van der Waals surface area contributed by atoms with Crippen LogP contribution in [0.25, 0.3) is 0 Å². The quantitative estimate of drug-likeness (QED) is 0.384. The molecule has 0 bridgehead atoms. The lowest BCUT2D eigenvalue weighted by molar-refractivity contribution is -0.124. The van der Waals surface area contributed by atoms with Crippen LogP contribution in [-0.2, 0) is 16.0 Å². The Morgan fingerprint density at radius 1 is 0.947 bits per heavy atom. The topological polar surface area (TPSA) is 80.3 Å². The molecule has 10 heteroatoms. The number of nitrogens with one attached hydrogen (secondary N) is 1. The maximum Gasteiger partial charge on any atom is 0.256 e. The van der Waals surface area contributed by atoms with Crippen molar-refractivity contribution in [3.63, 3.8) is 0 Å². The summed E-state index contributed by atoms with van der Waals surface area (Å²) in [5.41, 5.74) is 1.96. The van der Waals surface area contributed by atoms with Gasteiger partial charge in [-0.3, -0.25) is 14.5 Å². The molecule has 1 fully saturated rings. The predicted octanol–water partition coefficient (Wildman–Crippen LogP) is 4.43. The number of carbonyl (C=O) groups is 2. The Morgan fingerprint density at radius 3 is 2.26 bits per heavy atom. The van der Waals surface area contributed by atoms with Crippen LogP contribution in [-0.4, -0.2) is 55.7 Å². The Hall–Kier alpha value is -4.18. The summed E-state index contributed by atoms with van der Waals surface area (Å²) >= 11 is 5.69. The van der Waals surface area contributed by atoms with E-state index in [2.05, 4.69) is 5.32 Å². The lowest BCUT2D eigenvalue weighted by Crippen LogP contribution is -2.39. The van der Waals surface area contributed by atoms with Gasteiger partial charge in [-0.05, 0) is 84.9 Å². The first-order valence-electron chi connectivity index (χ1n) is 11.9. The minimum Gasteiger partial charge on any atom is -0.497 e. The molecule has 0 unspecified atom stereocenters. The summed E-state index contributed by atoms with van der Waals surface area (Å²) in [6, 6.07) is 17.2. The van der Waals surface area contributed by atoms with Crippen LogP contribution in [0.3, 0.4) is 0 Å². The molecule has 0 spiro atoms. The van der Waals surface area contributed by atoms with Crippen molar-refractivity contribution in [2.75, 3.05) is 38.1 Å². The van der Waals surface area contributed by atoms with Crippen LogP contribution >= 0.6 is 12.2 Å². The molecule has 3 aromatic rings. The molecular formula is C28H28FN3O5S. The number of ether oxygens (including phenoxy) is 3. The minimum absolute atomic E-state index is 0.116. The summed E-state index contributed by atoms with van der Waals surface area (Å²) in [6.07, 6.45) is 0.413. The zero-order valence-electron chi connectivity index (χ0n) is 21.3. The molecule has 4 rings (SSSR count). The highest BCUT2D eigenvalue weighted by molar-refractivity contribution is 7.80. The Bertz CT molecular complexity index is 1320. The number of nitrogens with zero attached hydrogens (tertiary/aromatic N) is 2. The molecule has 0 aliphatic carbocycles. The molecule has 0 saturated carbocycles. The first kappa shape index (κ1) is 26.9. The van der Waals surface area contributed by atoms with Crippen molar-refractivity contribution in [3.05, 3.63) is 78.1 Å². The van der Waals surface area contributed by atoms with Crippen LogP contribution < -0.4 is 24.4 Å². The van der Waals surface area contributed by atoms with Gasteiger partial charge in [-0.2, -0.15) is 0 Å². The fourth-order valence-electron chi connectivity index (χ4n) is 4.26. The monoisotopic (exact) mass is 537 g/mol. The standard InChI is InChI=1S/C28H28FN3O5S/c1-35-22-11-7-20(8-12-22)30-26(33)17-23-27(34)32(21-9-5-19(29)6-10-21)28(38)31(23)15-14-18-4-13-24(36-2)25(16-18)37-3/h4-13,16,23H,14-15,17H2,1-3H3,(H,30,33)/t23-/m0/s1. The van der Waals surface area contributed by atoms with E-state index in [4.69, 9.17) is 26.4 Å². The van der Waals surface area contributed by atoms with Crippen molar-refractivity contribution < 1.29 is 28.2 Å². The first-order chi connectivity index (χ1) is 18.3. The lowest BCUT2D eigenvalue weighted by atomic mass is 10.1. The second-order valence-electron chi connectivity index (χ2n) is 8.56. The number of halogens is 1. The van der Waals surface area contributed by atoms with Gasteiger partial charge in [0.2, 0.25) is 5.91 Å². The Kier molecular flexibility index (Phi) is 8.42. The van der Waals surface area contributed by atoms with Gasteiger partial charge in [0.25, 0.3) is 5.91 Å². The molecule has 3 aromatic carbocycles. The SMILES string of the molecule is COc1ccc(NC(=O)C[C@H]2C(=O)N(c3ccc(F)cc3)C(=S)N2CCc2ccc(OC)c(OC)c2)cc1. The number of rotatable bonds is 10. The fraction of sp³-hybridized carbons (Fsp3) is 0.250. The highest BCUT2D eigenvalue weighted by Crippen LogP contribution is 2.30. The van der Waals surface area contributed by atoms with E-state index in [9.17, 15) is 14.0 Å². The van der Waals surface area contributed by atoms with Crippen LogP contribution in [0.4, 0.5) is 15.8 Å². The van der Waals surface area contributed by atoms with Crippen LogP contribution in [0, 0.1) is 5.82 Å². The highest BCUT2D eigenvalue weighted by atomic mass is 32.1. The van der Waals surface area contributed by atoms with Gasteiger partial charge in [0.15, 0.2) is 16.6 Å². The Labute approximate surface area is 225 Å². The van der Waals surface area contributed by atoms with Crippen LogP contribution in [0.2, 0.25) is 0 Å². The normalized spacial score (nSPS) is 15.0. The molecular weight excluding hydrogens is 509 g/mol. The van der Waals surface area contributed by atoms with Gasteiger partial charge in [0.1, 0.15) is 17.6 Å². The van der Waals surface area contributed by atoms with Crippen molar-refractivity contribution in [3.8, 4) is 17.2 Å². The molecule has 0 radical (unpaired) electrons. The third kappa shape index (κ3) is 5.86. The molecule has 1 heterocycles. The zero-order valence-corrected chi connectivity index (χ0v) is 22.1. The maximum absolute atomic E-state index is 13.5. The number of thiocarbonyl (C=S) groups is 1. The van der Waals surface area contributed by atoms with Gasteiger partial charge < -0.3 is 24.4 Å². The number of hydrogen-bond donors (Lipinski definition) is 1. The molecule has 1 aliphatic heterocycles. The summed E-state index contributed by atoms with van der Waals surface area (Å²) in [7, 11) is 4.69. The number of amides is 2. The van der Waals surface area contributed by atoms with Crippen LogP contribution in [0.5, 0.6) is 17.2 Å². The van der Waals surface area contributed by atoms with E-state index in [-0.39, 0.29) is 23.3 Å².